The zero-order valence-electron chi connectivity index (χ0n) is 13.1. The average molecular weight is 445 g/mol. The number of aliphatic imine (C=N–C) groups is 1. The molecule has 0 spiro atoms. The summed E-state index contributed by atoms with van der Waals surface area (Å²) in [7, 11) is 0. The van der Waals surface area contributed by atoms with Crippen LogP contribution in [0.25, 0.3) is 0 Å². The van der Waals surface area contributed by atoms with Gasteiger partial charge in [-0.15, -0.1) is 35.3 Å². The van der Waals surface area contributed by atoms with Crippen molar-refractivity contribution in [1.82, 2.24) is 10.3 Å². The Morgan fingerprint density at radius 3 is 2.83 bits per heavy atom. The minimum atomic E-state index is 0. The highest BCUT2D eigenvalue weighted by atomic mass is 127. The van der Waals surface area contributed by atoms with Gasteiger partial charge in [-0.05, 0) is 42.8 Å². The molecule has 0 aliphatic rings. The van der Waals surface area contributed by atoms with E-state index in [1.54, 1.807) is 17.5 Å². The van der Waals surface area contributed by atoms with Crippen LogP contribution in [-0.2, 0) is 6.42 Å². The first-order valence-corrected chi connectivity index (χ1v) is 8.43. The summed E-state index contributed by atoms with van der Waals surface area (Å²) >= 11 is 1.77. The predicted octanol–water partition coefficient (Wildman–Crippen LogP) is 3.10. The fraction of sp³-hybridized carbons (Fsp3) is 0.375. The number of thiophene rings is 1. The van der Waals surface area contributed by atoms with E-state index in [4.69, 9.17) is 5.73 Å². The molecule has 2 aromatic heterocycles. The number of nitrogens with two attached hydrogens (primary N) is 1. The van der Waals surface area contributed by atoms with Gasteiger partial charge in [-0.3, -0.25) is 4.99 Å². The molecule has 4 N–H and O–H groups in total. The molecule has 0 fully saturated rings. The van der Waals surface area contributed by atoms with Gasteiger partial charge in [0.25, 0.3) is 0 Å². The number of unbranched alkanes of at least 4 members (excludes halogenated alkanes) is 1. The van der Waals surface area contributed by atoms with Gasteiger partial charge in [0, 0.05) is 30.7 Å². The topological polar surface area (TPSA) is 75.3 Å². The SMILES string of the molecule is I.NC(=NCCCCNc1ccccn1)NCCc1cccs1. The number of hydrogen-bond acceptors (Lipinski definition) is 4. The molecule has 0 unspecified atom stereocenters. The minimum absolute atomic E-state index is 0. The summed E-state index contributed by atoms with van der Waals surface area (Å²) in [5, 5.41) is 8.51. The Labute approximate surface area is 158 Å². The number of nitrogens with one attached hydrogen (secondary N) is 2. The molecule has 0 saturated heterocycles. The summed E-state index contributed by atoms with van der Waals surface area (Å²) in [5.74, 6) is 1.45. The Hall–Kier alpha value is -1.35. The molecule has 0 amide bonds. The smallest absolute Gasteiger partial charge is 0.188 e. The third-order valence-electron chi connectivity index (χ3n) is 3.10. The van der Waals surface area contributed by atoms with E-state index in [0.717, 1.165) is 44.7 Å². The Balaban J connectivity index is 0.00000264. The summed E-state index contributed by atoms with van der Waals surface area (Å²) in [6, 6.07) is 10.1. The van der Waals surface area contributed by atoms with Gasteiger partial charge in [0.1, 0.15) is 5.82 Å². The van der Waals surface area contributed by atoms with Gasteiger partial charge < -0.3 is 16.4 Å². The van der Waals surface area contributed by atoms with E-state index in [1.165, 1.54) is 4.88 Å². The predicted molar refractivity (Wildman–Crippen MR) is 110 cm³/mol. The van der Waals surface area contributed by atoms with E-state index in [-0.39, 0.29) is 24.0 Å². The normalized spacial score (nSPS) is 10.9. The highest BCUT2D eigenvalue weighted by Gasteiger charge is 1.95. The molecule has 2 heterocycles. The van der Waals surface area contributed by atoms with Gasteiger partial charge in [-0.25, -0.2) is 4.98 Å². The molecule has 2 rings (SSSR count). The van der Waals surface area contributed by atoms with Crippen LogP contribution in [0.15, 0.2) is 46.9 Å². The van der Waals surface area contributed by atoms with E-state index in [0.29, 0.717) is 5.96 Å². The van der Waals surface area contributed by atoms with E-state index < -0.39 is 0 Å². The van der Waals surface area contributed by atoms with Crippen LogP contribution in [0, 0.1) is 0 Å². The van der Waals surface area contributed by atoms with Crippen molar-refractivity contribution >= 4 is 47.1 Å². The van der Waals surface area contributed by atoms with E-state index in [2.05, 4.69) is 38.1 Å². The largest absolute Gasteiger partial charge is 0.370 e. The molecular weight excluding hydrogens is 421 g/mol. The molecule has 7 heteroatoms. The lowest BCUT2D eigenvalue weighted by Gasteiger charge is -2.05. The highest BCUT2D eigenvalue weighted by molar-refractivity contribution is 14.0. The molecule has 0 aromatic carbocycles. The van der Waals surface area contributed by atoms with Crippen LogP contribution in [-0.4, -0.2) is 30.6 Å². The third kappa shape index (κ3) is 8.75. The third-order valence-corrected chi connectivity index (χ3v) is 4.03. The average Bonchev–Trinajstić information content (AvgIpc) is 3.05. The Kier molecular flexibility index (Phi) is 10.4. The minimum Gasteiger partial charge on any atom is -0.370 e. The number of aromatic nitrogens is 1. The van der Waals surface area contributed by atoms with Crippen molar-refractivity contribution in [2.24, 2.45) is 10.7 Å². The number of guanidine groups is 1. The molecule has 0 radical (unpaired) electrons. The molecule has 5 nitrogen and oxygen atoms in total. The number of hydrogen-bond donors (Lipinski definition) is 3. The molecule has 126 valence electrons. The Bertz CT molecular complexity index is 545. The maximum absolute atomic E-state index is 5.84. The van der Waals surface area contributed by atoms with Crippen molar-refractivity contribution in [2.45, 2.75) is 19.3 Å². The number of halogens is 1. The monoisotopic (exact) mass is 445 g/mol. The standard InChI is InChI=1S/C16H23N5S.HI/c17-16(21-12-8-14-6-5-13-22-14)20-11-4-3-10-19-15-7-1-2-9-18-15;/h1-2,5-7,9,13H,3-4,8,10-12H2,(H,18,19)(H3,17,20,21);1H. The van der Waals surface area contributed by atoms with E-state index in [1.807, 2.05) is 18.2 Å². The zero-order chi connectivity index (χ0) is 15.5. The van der Waals surface area contributed by atoms with E-state index in [9.17, 15) is 0 Å². The van der Waals surface area contributed by atoms with Crippen LogP contribution in [0.2, 0.25) is 0 Å². The molecule has 0 saturated carbocycles. The lowest BCUT2D eigenvalue weighted by molar-refractivity contribution is 0.764. The van der Waals surface area contributed by atoms with Crippen molar-refractivity contribution in [3.63, 3.8) is 0 Å². The second kappa shape index (κ2) is 12.1. The first kappa shape index (κ1) is 19.7. The van der Waals surface area contributed by atoms with Crippen LogP contribution in [0.3, 0.4) is 0 Å². The number of rotatable bonds is 9. The first-order chi connectivity index (χ1) is 10.8. The summed E-state index contributed by atoms with van der Waals surface area (Å²) in [4.78, 5) is 9.90. The second-order valence-corrected chi connectivity index (χ2v) is 5.90. The van der Waals surface area contributed by atoms with Gasteiger partial charge in [0.2, 0.25) is 0 Å². The molecule has 0 atom stereocenters. The van der Waals surface area contributed by atoms with Crippen LogP contribution < -0.4 is 16.4 Å². The van der Waals surface area contributed by atoms with Gasteiger partial charge in [-0.2, -0.15) is 0 Å². The molecule has 0 aliphatic heterocycles. The van der Waals surface area contributed by atoms with Gasteiger partial charge in [-0.1, -0.05) is 12.1 Å². The van der Waals surface area contributed by atoms with Gasteiger partial charge in [0.05, 0.1) is 0 Å². The molecule has 0 bridgehead atoms. The van der Waals surface area contributed by atoms with E-state index >= 15 is 0 Å². The second-order valence-electron chi connectivity index (χ2n) is 4.87. The van der Waals surface area contributed by atoms with Gasteiger partial charge in [0.15, 0.2) is 5.96 Å². The fourth-order valence-corrected chi connectivity index (χ4v) is 2.65. The number of anilines is 1. The maximum atomic E-state index is 5.84. The summed E-state index contributed by atoms with van der Waals surface area (Å²) in [5.41, 5.74) is 5.84. The molecule has 23 heavy (non-hydrogen) atoms. The summed E-state index contributed by atoms with van der Waals surface area (Å²) < 4.78 is 0. The fourth-order valence-electron chi connectivity index (χ4n) is 1.94. The number of pyridine rings is 1. The van der Waals surface area contributed by atoms with Crippen molar-refractivity contribution in [2.75, 3.05) is 25.0 Å². The summed E-state index contributed by atoms with van der Waals surface area (Å²) in [6.07, 6.45) is 4.83. The van der Waals surface area contributed by atoms with Crippen LogP contribution in [0.5, 0.6) is 0 Å². The Morgan fingerprint density at radius 2 is 2.09 bits per heavy atom. The van der Waals surface area contributed by atoms with Crippen molar-refractivity contribution in [3.05, 3.63) is 46.8 Å². The first-order valence-electron chi connectivity index (χ1n) is 7.55. The van der Waals surface area contributed by atoms with Crippen molar-refractivity contribution in [1.29, 1.82) is 0 Å². The Morgan fingerprint density at radius 1 is 1.17 bits per heavy atom. The lowest BCUT2D eigenvalue weighted by Crippen LogP contribution is -2.33. The van der Waals surface area contributed by atoms with Crippen LogP contribution in [0.1, 0.15) is 17.7 Å². The maximum Gasteiger partial charge on any atom is 0.188 e. The van der Waals surface area contributed by atoms with Crippen molar-refractivity contribution < 1.29 is 0 Å². The molecule has 0 aliphatic carbocycles. The molecular formula is C16H24IN5S. The van der Waals surface area contributed by atoms with Crippen molar-refractivity contribution in [3.8, 4) is 0 Å². The number of nitrogens with zero attached hydrogens (tertiary/aromatic N) is 2. The highest BCUT2D eigenvalue weighted by Crippen LogP contribution is 2.07. The zero-order valence-corrected chi connectivity index (χ0v) is 16.2. The van der Waals surface area contributed by atoms with Crippen LogP contribution in [0.4, 0.5) is 5.82 Å². The van der Waals surface area contributed by atoms with Crippen LogP contribution >= 0.6 is 35.3 Å². The lowest BCUT2D eigenvalue weighted by atomic mass is 10.3. The van der Waals surface area contributed by atoms with Gasteiger partial charge >= 0.3 is 0 Å². The quantitative estimate of drug-likeness (QED) is 0.240. The molecule has 2 aromatic rings. The summed E-state index contributed by atoms with van der Waals surface area (Å²) in [6.45, 7) is 2.48.